The van der Waals surface area contributed by atoms with E-state index in [4.69, 9.17) is 0 Å². The van der Waals surface area contributed by atoms with Crippen LogP contribution in [0.4, 0.5) is 8.78 Å². The molecule has 0 saturated heterocycles. The van der Waals surface area contributed by atoms with Crippen LogP contribution >= 0.6 is 0 Å². The summed E-state index contributed by atoms with van der Waals surface area (Å²) in [5, 5.41) is 14.1. The lowest BCUT2D eigenvalue weighted by Gasteiger charge is -2.16. The molecule has 0 aliphatic rings. The monoisotopic (exact) mass is 336 g/mol. The fourth-order valence-electron chi connectivity index (χ4n) is 2.13. The maximum Gasteiger partial charge on any atom is 0.191 e. The first-order valence-corrected chi connectivity index (χ1v) is 7.81. The summed E-state index contributed by atoms with van der Waals surface area (Å²) in [4.78, 5) is 4.45. The highest BCUT2D eigenvalue weighted by atomic mass is 19.2. The van der Waals surface area contributed by atoms with Crippen molar-refractivity contribution in [2.75, 3.05) is 13.1 Å². The van der Waals surface area contributed by atoms with Gasteiger partial charge in [0.2, 0.25) is 0 Å². The number of benzene rings is 1. The van der Waals surface area contributed by atoms with Gasteiger partial charge in [-0.25, -0.2) is 13.8 Å². The van der Waals surface area contributed by atoms with Crippen LogP contribution in [0, 0.1) is 11.6 Å². The third-order valence-corrected chi connectivity index (χ3v) is 3.62. The quantitative estimate of drug-likeness (QED) is 0.625. The number of aryl methyl sites for hydroxylation is 1. The number of nitrogens with one attached hydrogen (secondary N) is 2. The van der Waals surface area contributed by atoms with Crippen LogP contribution < -0.4 is 10.6 Å². The summed E-state index contributed by atoms with van der Waals surface area (Å²) in [5.74, 6) is -0.283. The Kier molecular flexibility index (Phi) is 6.22. The molecule has 0 aliphatic heterocycles. The summed E-state index contributed by atoms with van der Waals surface area (Å²) in [6.07, 6.45) is 1.62. The minimum Gasteiger partial charge on any atom is -0.357 e. The Bertz CT molecular complexity index is 698. The predicted octanol–water partition coefficient (Wildman–Crippen LogP) is 1.95. The van der Waals surface area contributed by atoms with Gasteiger partial charge in [0.15, 0.2) is 23.4 Å². The van der Waals surface area contributed by atoms with Crippen LogP contribution in [0.15, 0.2) is 29.5 Å². The molecule has 24 heavy (non-hydrogen) atoms. The van der Waals surface area contributed by atoms with Crippen molar-refractivity contribution in [2.24, 2.45) is 12.0 Å². The Balaban J connectivity index is 1.97. The van der Waals surface area contributed by atoms with Gasteiger partial charge in [-0.3, -0.25) is 0 Å². The van der Waals surface area contributed by atoms with E-state index in [2.05, 4.69) is 25.8 Å². The van der Waals surface area contributed by atoms with Gasteiger partial charge in [0.1, 0.15) is 12.9 Å². The van der Waals surface area contributed by atoms with Gasteiger partial charge in [0.05, 0.1) is 0 Å². The fourth-order valence-corrected chi connectivity index (χ4v) is 2.13. The van der Waals surface area contributed by atoms with Crippen LogP contribution in [-0.4, -0.2) is 33.8 Å². The first kappa shape index (κ1) is 17.8. The van der Waals surface area contributed by atoms with Crippen molar-refractivity contribution in [3.05, 3.63) is 47.5 Å². The van der Waals surface area contributed by atoms with Crippen LogP contribution in [0.25, 0.3) is 0 Å². The molecule has 0 saturated carbocycles. The maximum absolute atomic E-state index is 13.3. The molecule has 1 heterocycles. The van der Waals surface area contributed by atoms with E-state index >= 15 is 0 Å². The van der Waals surface area contributed by atoms with Gasteiger partial charge in [0, 0.05) is 20.1 Å². The lowest BCUT2D eigenvalue weighted by Crippen LogP contribution is -2.39. The maximum atomic E-state index is 13.3. The topological polar surface area (TPSA) is 67.1 Å². The van der Waals surface area contributed by atoms with E-state index in [0.29, 0.717) is 25.6 Å². The van der Waals surface area contributed by atoms with Gasteiger partial charge >= 0.3 is 0 Å². The second-order valence-electron chi connectivity index (χ2n) is 5.51. The lowest BCUT2D eigenvalue weighted by molar-refractivity contribution is 0.505. The summed E-state index contributed by atoms with van der Waals surface area (Å²) < 4.78 is 28.1. The Hall–Kier alpha value is -2.51. The average Bonchev–Trinajstić information content (AvgIpc) is 2.97. The number of aliphatic imine (C=N–C) groups is 1. The second kappa shape index (κ2) is 8.37. The number of hydrogen-bond acceptors (Lipinski definition) is 3. The summed E-state index contributed by atoms with van der Waals surface area (Å²) in [6, 6.07) is 3.97. The molecule has 0 bridgehead atoms. The second-order valence-corrected chi connectivity index (χ2v) is 5.51. The van der Waals surface area contributed by atoms with Crippen molar-refractivity contribution in [1.82, 2.24) is 25.4 Å². The van der Waals surface area contributed by atoms with Crippen molar-refractivity contribution < 1.29 is 8.78 Å². The van der Waals surface area contributed by atoms with Gasteiger partial charge in [-0.15, -0.1) is 10.2 Å². The van der Waals surface area contributed by atoms with Gasteiger partial charge in [-0.05, 0) is 30.5 Å². The molecule has 2 N–H and O–H groups in total. The SMILES string of the molecule is CCNC(=NCc1nncn1C)NCC(C)c1ccc(F)c(F)c1. The van der Waals surface area contributed by atoms with Gasteiger partial charge < -0.3 is 15.2 Å². The van der Waals surface area contributed by atoms with E-state index in [9.17, 15) is 8.78 Å². The van der Waals surface area contributed by atoms with Crippen LogP contribution in [0.5, 0.6) is 0 Å². The number of nitrogens with zero attached hydrogens (tertiary/aromatic N) is 4. The highest BCUT2D eigenvalue weighted by molar-refractivity contribution is 5.79. The van der Waals surface area contributed by atoms with Crippen molar-refractivity contribution >= 4 is 5.96 Å². The number of guanidine groups is 1. The fraction of sp³-hybridized carbons (Fsp3) is 0.438. The summed E-state index contributed by atoms with van der Waals surface area (Å²) in [7, 11) is 1.86. The molecule has 0 aliphatic carbocycles. The normalized spacial score (nSPS) is 13.0. The number of rotatable bonds is 6. The Labute approximate surface area is 140 Å². The number of halogens is 2. The van der Waals surface area contributed by atoms with E-state index in [0.717, 1.165) is 17.5 Å². The van der Waals surface area contributed by atoms with Crippen molar-refractivity contribution in [3.63, 3.8) is 0 Å². The molecule has 0 fully saturated rings. The molecule has 2 aromatic rings. The standard InChI is InChI=1S/C16H22F2N6/c1-4-19-16(21-9-15-23-22-10-24(15)3)20-8-11(2)12-5-6-13(17)14(18)7-12/h5-7,10-11H,4,8-9H2,1-3H3,(H2,19,20,21). The molecular formula is C16H22F2N6. The zero-order valence-corrected chi connectivity index (χ0v) is 14.1. The van der Waals surface area contributed by atoms with Crippen LogP contribution in [0.3, 0.4) is 0 Å². The number of aromatic nitrogens is 3. The molecule has 130 valence electrons. The Morgan fingerprint density at radius 2 is 2.08 bits per heavy atom. The summed E-state index contributed by atoms with van der Waals surface area (Å²) in [6.45, 7) is 5.55. The Morgan fingerprint density at radius 3 is 2.71 bits per heavy atom. The van der Waals surface area contributed by atoms with E-state index in [-0.39, 0.29) is 5.92 Å². The van der Waals surface area contributed by atoms with Crippen molar-refractivity contribution in [2.45, 2.75) is 26.3 Å². The van der Waals surface area contributed by atoms with Gasteiger partial charge in [-0.2, -0.15) is 0 Å². The van der Waals surface area contributed by atoms with Crippen LogP contribution in [0.1, 0.15) is 31.2 Å². The van der Waals surface area contributed by atoms with Gasteiger partial charge in [-0.1, -0.05) is 13.0 Å². The summed E-state index contributed by atoms with van der Waals surface area (Å²) >= 11 is 0. The smallest absolute Gasteiger partial charge is 0.191 e. The van der Waals surface area contributed by atoms with E-state index in [1.165, 1.54) is 6.07 Å². The predicted molar refractivity (Wildman–Crippen MR) is 88.6 cm³/mol. The first-order valence-electron chi connectivity index (χ1n) is 7.81. The highest BCUT2D eigenvalue weighted by Crippen LogP contribution is 2.17. The van der Waals surface area contributed by atoms with E-state index in [1.54, 1.807) is 17.0 Å². The van der Waals surface area contributed by atoms with Crippen molar-refractivity contribution in [1.29, 1.82) is 0 Å². The third-order valence-electron chi connectivity index (χ3n) is 3.62. The molecule has 1 aromatic heterocycles. The lowest BCUT2D eigenvalue weighted by atomic mass is 10.0. The zero-order chi connectivity index (χ0) is 17.5. The summed E-state index contributed by atoms with van der Waals surface area (Å²) in [5.41, 5.74) is 0.727. The molecule has 6 nitrogen and oxygen atoms in total. The first-order chi connectivity index (χ1) is 11.5. The molecule has 1 unspecified atom stereocenters. The molecule has 0 radical (unpaired) electrons. The third kappa shape index (κ3) is 4.74. The average molecular weight is 336 g/mol. The van der Waals surface area contributed by atoms with Crippen LogP contribution in [-0.2, 0) is 13.6 Å². The minimum atomic E-state index is -0.836. The zero-order valence-electron chi connectivity index (χ0n) is 14.1. The minimum absolute atomic E-state index is 0.00113. The molecule has 0 spiro atoms. The van der Waals surface area contributed by atoms with E-state index in [1.807, 2.05) is 20.9 Å². The Morgan fingerprint density at radius 1 is 1.29 bits per heavy atom. The molecule has 0 amide bonds. The van der Waals surface area contributed by atoms with Gasteiger partial charge in [0.25, 0.3) is 0 Å². The molecule has 8 heteroatoms. The van der Waals surface area contributed by atoms with Crippen LogP contribution in [0.2, 0.25) is 0 Å². The molecule has 1 atom stereocenters. The molecule has 1 aromatic carbocycles. The van der Waals surface area contributed by atoms with Crippen molar-refractivity contribution in [3.8, 4) is 0 Å². The number of hydrogen-bond donors (Lipinski definition) is 2. The highest BCUT2D eigenvalue weighted by Gasteiger charge is 2.10. The molecule has 2 rings (SSSR count). The van der Waals surface area contributed by atoms with E-state index < -0.39 is 11.6 Å². The molecular weight excluding hydrogens is 314 g/mol. The largest absolute Gasteiger partial charge is 0.357 e.